The zero-order chi connectivity index (χ0) is 21.1. The van der Waals surface area contributed by atoms with Gasteiger partial charge in [0.2, 0.25) is 5.91 Å². The van der Waals surface area contributed by atoms with Crippen molar-refractivity contribution in [2.24, 2.45) is 4.99 Å². The average molecular weight is 440 g/mol. The van der Waals surface area contributed by atoms with Crippen molar-refractivity contribution in [3.8, 4) is 0 Å². The molecular formula is C23H22ClN3O2S. The molecule has 7 heteroatoms. The van der Waals surface area contributed by atoms with Crippen molar-refractivity contribution in [3.05, 3.63) is 70.4 Å². The van der Waals surface area contributed by atoms with E-state index >= 15 is 0 Å². The molecule has 0 bridgehead atoms. The molecule has 2 aromatic carbocycles. The lowest BCUT2D eigenvalue weighted by Crippen LogP contribution is -2.33. The van der Waals surface area contributed by atoms with Crippen LogP contribution in [0.25, 0.3) is 6.08 Å². The molecule has 2 amide bonds. The van der Waals surface area contributed by atoms with Gasteiger partial charge in [0.05, 0.1) is 16.5 Å². The monoisotopic (exact) mass is 439 g/mol. The normalized spacial score (nSPS) is 17.7. The summed E-state index contributed by atoms with van der Waals surface area (Å²) < 4.78 is 0. The molecule has 5 nitrogen and oxygen atoms in total. The summed E-state index contributed by atoms with van der Waals surface area (Å²) in [6.07, 6.45) is 3.86. The second-order valence-corrected chi connectivity index (χ2v) is 8.65. The largest absolute Gasteiger partial charge is 0.342 e. The molecule has 4 rings (SSSR count). The number of thioether (sulfide) groups is 1. The molecule has 0 saturated carbocycles. The number of carbonyl (C=O) groups excluding carboxylic acids is 2. The number of hydrogen-bond donors (Lipinski definition) is 0. The Hall–Kier alpha value is -2.57. The second-order valence-electron chi connectivity index (χ2n) is 7.30. The van der Waals surface area contributed by atoms with Crippen LogP contribution < -0.4 is 4.90 Å². The van der Waals surface area contributed by atoms with Gasteiger partial charge >= 0.3 is 0 Å². The van der Waals surface area contributed by atoms with Gasteiger partial charge in [0.1, 0.15) is 5.70 Å². The second kappa shape index (κ2) is 9.06. The SMILES string of the molecule is Cc1ccc(/C=C2\N=C(SCC(=O)N3CCCC3)N(c3ccccc3Cl)C2=O)cc1. The van der Waals surface area contributed by atoms with E-state index in [-0.39, 0.29) is 17.6 Å². The van der Waals surface area contributed by atoms with Gasteiger partial charge in [0, 0.05) is 13.1 Å². The van der Waals surface area contributed by atoms with Gasteiger partial charge in [0.25, 0.3) is 5.91 Å². The molecule has 2 aliphatic heterocycles. The van der Waals surface area contributed by atoms with E-state index in [0.717, 1.165) is 37.1 Å². The molecule has 154 valence electrons. The van der Waals surface area contributed by atoms with Crippen molar-refractivity contribution in [2.45, 2.75) is 19.8 Å². The molecule has 0 aromatic heterocycles. The van der Waals surface area contributed by atoms with Gasteiger partial charge in [-0.2, -0.15) is 0 Å². The van der Waals surface area contributed by atoms with Crippen molar-refractivity contribution in [3.63, 3.8) is 0 Å². The minimum atomic E-state index is -0.250. The number of anilines is 1. The van der Waals surface area contributed by atoms with Gasteiger partial charge in [-0.05, 0) is 43.5 Å². The number of aliphatic imine (C=N–C) groups is 1. The Labute approximate surface area is 185 Å². The van der Waals surface area contributed by atoms with Gasteiger partial charge in [0.15, 0.2) is 5.17 Å². The third-order valence-electron chi connectivity index (χ3n) is 5.09. The highest BCUT2D eigenvalue weighted by molar-refractivity contribution is 8.14. The fraction of sp³-hybridized carbons (Fsp3) is 0.261. The van der Waals surface area contributed by atoms with Crippen LogP contribution in [0.2, 0.25) is 5.02 Å². The Balaban J connectivity index is 1.62. The molecule has 0 N–H and O–H groups in total. The van der Waals surface area contributed by atoms with E-state index in [1.807, 2.05) is 48.2 Å². The lowest BCUT2D eigenvalue weighted by molar-refractivity contribution is -0.127. The number of para-hydroxylation sites is 1. The molecule has 0 aliphatic carbocycles. The van der Waals surface area contributed by atoms with Crippen LogP contribution in [0.4, 0.5) is 5.69 Å². The van der Waals surface area contributed by atoms with E-state index in [4.69, 9.17) is 11.6 Å². The Bertz CT molecular complexity index is 1030. The summed E-state index contributed by atoms with van der Waals surface area (Å²) in [7, 11) is 0. The molecule has 1 saturated heterocycles. The number of hydrogen-bond acceptors (Lipinski definition) is 4. The van der Waals surface area contributed by atoms with Gasteiger partial charge < -0.3 is 4.90 Å². The number of halogens is 1. The van der Waals surface area contributed by atoms with Crippen LogP contribution in [0.15, 0.2) is 59.2 Å². The number of amidine groups is 1. The average Bonchev–Trinajstić information content (AvgIpc) is 3.38. The van der Waals surface area contributed by atoms with E-state index in [1.54, 1.807) is 18.2 Å². The maximum atomic E-state index is 13.2. The van der Waals surface area contributed by atoms with Crippen molar-refractivity contribution in [1.29, 1.82) is 0 Å². The smallest absolute Gasteiger partial charge is 0.283 e. The van der Waals surface area contributed by atoms with Gasteiger partial charge in [-0.15, -0.1) is 0 Å². The summed E-state index contributed by atoms with van der Waals surface area (Å²) in [6, 6.07) is 15.1. The molecule has 30 heavy (non-hydrogen) atoms. The predicted molar refractivity (Wildman–Crippen MR) is 124 cm³/mol. The lowest BCUT2D eigenvalue weighted by atomic mass is 10.1. The van der Waals surface area contributed by atoms with Crippen molar-refractivity contribution in [2.75, 3.05) is 23.7 Å². The topological polar surface area (TPSA) is 53.0 Å². The van der Waals surface area contributed by atoms with Crippen molar-refractivity contribution >= 4 is 52.1 Å². The number of nitrogens with zero attached hydrogens (tertiary/aromatic N) is 3. The summed E-state index contributed by atoms with van der Waals surface area (Å²) in [5, 5.41) is 0.931. The number of aryl methyl sites for hydroxylation is 1. The van der Waals surface area contributed by atoms with E-state index in [2.05, 4.69) is 4.99 Å². The first-order valence-electron chi connectivity index (χ1n) is 9.89. The molecule has 0 spiro atoms. The maximum absolute atomic E-state index is 13.2. The molecule has 2 aliphatic rings. The van der Waals surface area contributed by atoms with E-state index < -0.39 is 0 Å². The first-order valence-corrected chi connectivity index (χ1v) is 11.3. The standard InChI is InChI=1S/C23H22ClN3O2S/c1-16-8-10-17(11-9-16)14-19-22(29)27(20-7-3-2-6-18(20)24)23(25-19)30-15-21(28)26-12-4-5-13-26/h2-3,6-11,14H,4-5,12-13,15H2,1H3/b19-14-. The van der Waals surface area contributed by atoms with E-state index in [9.17, 15) is 9.59 Å². The number of likely N-dealkylation sites (tertiary alicyclic amines) is 1. The number of amides is 2. The van der Waals surface area contributed by atoms with Gasteiger partial charge in [-0.25, -0.2) is 4.99 Å². The Morgan fingerprint density at radius 1 is 1.13 bits per heavy atom. The summed E-state index contributed by atoms with van der Waals surface area (Å²) in [6.45, 7) is 3.62. The van der Waals surface area contributed by atoms with Crippen LogP contribution in [-0.4, -0.2) is 40.7 Å². The minimum absolute atomic E-state index is 0.0720. The molecule has 0 unspecified atom stereocenters. The fourth-order valence-corrected chi connectivity index (χ4v) is 4.57. The molecule has 0 atom stereocenters. The first kappa shape index (κ1) is 20.7. The van der Waals surface area contributed by atoms with Gasteiger partial charge in [-0.3, -0.25) is 14.5 Å². The number of rotatable bonds is 4. The van der Waals surface area contributed by atoms with Crippen LogP contribution in [0.5, 0.6) is 0 Å². The Kier molecular flexibility index (Phi) is 6.25. The highest BCUT2D eigenvalue weighted by Gasteiger charge is 2.34. The fourth-order valence-electron chi connectivity index (χ4n) is 3.44. The summed E-state index contributed by atoms with van der Waals surface area (Å²) >= 11 is 7.65. The highest BCUT2D eigenvalue weighted by atomic mass is 35.5. The quantitative estimate of drug-likeness (QED) is 0.646. The van der Waals surface area contributed by atoms with Crippen LogP contribution in [0.3, 0.4) is 0 Å². The zero-order valence-electron chi connectivity index (χ0n) is 16.7. The van der Waals surface area contributed by atoms with Crippen LogP contribution in [0, 0.1) is 6.92 Å². The lowest BCUT2D eigenvalue weighted by Gasteiger charge is -2.20. The molecule has 2 aromatic rings. The predicted octanol–water partition coefficient (Wildman–Crippen LogP) is 4.75. The van der Waals surface area contributed by atoms with Crippen molar-refractivity contribution in [1.82, 2.24) is 4.90 Å². The third-order valence-corrected chi connectivity index (χ3v) is 6.33. The van der Waals surface area contributed by atoms with Crippen molar-refractivity contribution < 1.29 is 9.59 Å². The molecule has 1 fully saturated rings. The van der Waals surface area contributed by atoms with E-state index in [0.29, 0.717) is 21.6 Å². The minimum Gasteiger partial charge on any atom is -0.342 e. The maximum Gasteiger partial charge on any atom is 0.283 e. The molecular weight excluding hydrogens is 418 g/mol. The zero-order valence-corrected chi connectivity index (χ0v) is 18.2. The number of carbonyl (C=O) groups is 2. The Morgan fingerprint density at radius 3 is 2.53 bits per heavy atom. The summed E-state index contributed by atoms with van der Waals surface area (Å²) in [5.41, 5.74) is 2.94. The van der Waals surface area contributed by atoms with Crippen LogP contribution >= 0.6 is 23.4 Å². The summed E-state index contributed by atoms with van der Waals surface area (Å²) in [4.78, 5) is 33.7. The van der Waals surface area contributed by atoms with Crippen LogP contribution in [0.1, 0.15) is 24.0 Å². The van der Waals surface area contributed by atoms with E-state index in [1.165, 1.54) is 16.7 Å². The summed E-state index contributed by atoms with van der Waals surface area (Å²) in [5.74, 6) is 0.0627. The van der Waals surface area contributed by atoms with Gasteiger partial charge in [-0.1, -0.05) is 65.3 Å². The number of benzene rings is 2. The molecule has 2 heterocycles. The van der Waals surface area contributed by atoms with Crippen LogP contribution in [-0.2, 0) is 9.59 Å². The third kappa shape index (κ3) is 4.45. The highest BCUT2D eigenvalue weighted by Crippen LogP contribution is 2.34. The molecule has 0 radical (unpaired) electrons. The Morgan fingerprint density at radius 2 is 1.83 bits per heavy atom. The first-order chi connectivity index (χ1) is 14.5.